The summed E-state index contributed by atoms with van der Waals surface area (Å²) < 4.78 is 33.7. The van der Waals surface area contributed by atoms with Gasteiger partial charge in [-0.1, -0.05) is 42.0 Å². The van der Waals surface area contributed by atoms with Crippen LogP contribution in [-0.2, 0) is 14.8 Å². The first kappa shape index (κ1) is 24.7. The van der Waals surface area contributed by atoms with Crippen molar-refractivity contribution in [2.24, 2.45) is 0 Å². The number of thioether (sulfide) groups is 1. The van der Waals surface area contributed by atoms with Crippen molar-refractivity contribution in [1.82, 2.24) is 5.32 Å². The normalized spacial score (nSPS) is 11.1. The average Bonchev–Trinajstić information content (AvgIpc) is 2.81. The smallest absolute Gasteiger partial charge is 0.264 e. The van der Waals surface area contributed by atoms with Crippen LogP contribution in [0.2, 0.25) is 0 Å². The van der Waals surface area contributed by atoms with E-state index in [2.05, 4.69) is 5.32 Å². The number of nitrogens with zero attached hydrogens (tertiary/aromatic N) is 1. The van der Waals surface area contributed by atoms with Crippen molar-refractivity contribution >= 4 is 33.4 Å². The van der Waals surface area contributed by atoms with Crippen LogP contribution in [0, 0.1) is 13.8 Å². The second kappa shape index (κ2) is 11.2. The van der Waals surface area contributed by atoms with E-state index in [9.17, 15) is 13.2 Å². The van der Waals surface area contributed by atoms with Crippen LogP contribution in [0.1, 0.15) is 11.1 Å². The molecule has 33 heavy (non-hydrogen) atoms. The highest BCUT2D eigenvalue weighted by atomic mass is 32.2. The highest BCUT2D eigenvalue weighted by molar-refractivity contribution is 7.99. The van der Waals surface area contributed by atoms with Gasteiger partial charge in [0.25, 0.3) is 10.0 Å². The maximum Gasteiger partial charge on any atom is 0.264 e. The van der Waals surface area contributed by atoms with Crippen LogP contribution in [-0.4, -0.2) is 40.3 Å². The molecule has 0 unspecified atom stereocenters. The monoisotopic (exact) mass is 484 g/mol. The van der Waals surface area contributed by atoms with Gasteiger partial charge in [0, 0.05) is 17.2 Å². The van der Waals surface area contributed by atoms with E-state index in [1.165, 1.54) is 7.11 Å². The lowest BCUT2D eigenvalue weighted by Gasteiger charge is -2.26. The Morgan fingerprint density at radius 2 is 1.64 bits per heavy atom. The predicted molar refractivity (Wildman–Crippen MR) is 134 cm³/mol. The summed E-state index contributed by atoms with van der Waals surface area (Å²) in [4.78, 5) is 14.0. The maximum absolute atomic E-state index is 13.6. The van der Waals surface area contributed by atoms with Gasteiger partial charge in [-0.05, 0) is 55.8 Å². The van der Waals surface area contributed by atoms with E-state index in [4.69, 9.17) is 4.74 Å². The zero-order valence-electron chi connectivity index (χ0n) is 18.9. The van der Waals surface area contributed by atoms with Gasteiger partial charge in [0.15, 0.2) is 0 Å². The van der Waals surface area contributed by atoms with Gasteiger partial charge in [0.2, 0.25) is 5.91 Å². The number of amides is 1. The first-order valence-corrected chi connectivity index (χ1v) is 12.9. The first-order valence-electron chi connectivity index (χ1n) is 10.5. The Bertz CT molecular complexity index is 1180. The van der Waals surface area contributed by atoms with E-state index < -0.39 is 10.0 Å². The van der Waals surface area contributed by atoms with Gasteiger partial charge in [-0.25, -0.2) is 8.42 Å². The van der Waals surface area contributed by atoms with Crippen molar-refractivity contribution in [3.63, 3.8) is 0 Å². The summed E-state index contributed by atoms with van der Waals surface area (Å²) in [6.45, 7) is 3.81. The fourth-order valence-corrected chi connectivity index (χ4v) is 5.41. The van der Waals surface area contributed by atoms with E-state index in [1.807, 2.05) is 50.2 Å². The molecule has 3 aromatic rings. The Balaban J connectivity index is 1.81. The van der Waals surface area contributed by atoms with E-state index in [0.717, 1.165) is 20.3 Å². The molecule has 8 heteroatoms. The zero-order valence-corrected chi connectivity index (χ0v) is 20.6. The topological polar surface area (TPSA) is 75.7 Å². The molecule has 0 aromatic heterocycles. The van der Waals surface area contributed by atoms with E-state index in [-0.39, 0.29) is 17.3 Å². The summed E-state index contributed by atoms with van der Waals surface area (Å²) in [5, 5.41) is 2.83. The molecule has 0 bridgehead atoms. The molecule has 0 atom stereocenters. The highest BCUT2D eigenvalue weighted by Gasteiger charge is 2.29. The Labute approximate surface area is 200 Å². The van der Waals surface area contributed by atoms with Crippen LogP contribution < -0.4 is 14.4 Å². The Hall–Kier alpha value is -2.97. The van der Waals surface area contributed by atoms with E-state index in [0.29, 0.717) is 23.7 Å². The lowest BCUT2D eigenvalue weighted by atomic mass is 10.2. The molecule has 0 heterocycles. The number of carbonyl (C=O) groups excluding carboxylic acids is 1. The molecule has 0 aliphatic heterocycles. The summed E-state index contributed by atoms with van der Waals surface area (Å²) >= 11 is 1.62. The Morgan fingerprint density at radius 3 is 2.30 bits per heavy atom. The quantitative estimate of drug-likeness (QED) is 0.341. The SMILES string of the molecule is COc1ccc(C)cc1N(CC(=O)NCCSc1ccccc1)S(=O)(=O)c1ccc(C)cc1. The molecule has 3 aromatic carbocycles. The Morgan fingerprint density at radius 1 is 0.970 bits per heavy atom. The molecule has 0 spiro atoms. The van der Waals surface area contributed by atoms with Crippen molar-refractivity contribution in [2.45, 2.75) is 23.6 Å². The third-order valence-corrected chi connectivity index (χ3v) is 7.72. The van der Waals surface area contributed by atoms with Gasteiger partial charge in [-0.3, -0.25) is 9.10 Å². The molecule has 6 nitrogen and oxygen atoms in total. The number of aryl methyl sites for hydroxylation is 2. The number of hydrogen-bond acceptors (Lipinski definition) is 5. The largest absolute Gasteiger partial charge is 0.495 e. The van der Waals surface area contributed by atoms with Crippen LogP contribution >= 0.6 is 11.8 Å². The number of nitrogens with one attached hydrogen (secondary N) is 1. The predicted octanol–water partition coefficient (Wildman–Crippen LogP) is 4.42. The minimum atomic E-state index is -4.00. The van der Waals surface area contributed by atoms with E-state index >= 15 is 0 Å². The van der Waals surface area contributed by atoms with Crippen LogP contribution in [0.25, 0.3) is 0 Å². The van der Waals surface area contributed by atoms with Crippen molar-refractivity contribution in [1.29, 1.82) is 0 Å². The standard InChI is InChI=1S/C25H28N2O4S2/c1-19-9-12-22(13-10-19)33(29,30)27(23-17-20(2)11-14-24(23)31-3)18-25(28)26-15-16-32-21-7-5-4-6-8-21/h4-14,17H,15-16,18H2,1-3H3,(H,26,28). The van der Waals surface area contributed by atoms with Crippen LogP contribution in [0.3, 0.4) is 0 Å². The summed E-state index contributed by atoms with van der Waals surface area (Å²) in [5.41, 5.74) is 2.13. The molecule has 1 N–H and O–H groups in total. The molecule has 0 saturated heterocycles. The van der Waals surface area contributed by atoms with Gasteiger partial charge in [-0.2, -0.15) is 0 Å². The van der Waals surface area contributed by atoms with Crippen molar-refractivity contribution < 1.29 is 17.9 Å². The van der Waals surface area contributed by atoms with Crippen LogP contribution in [0.4, 0.5) is 5.69 Å². The second-order valence-electron chi connectivity index (χ2n) is 7.51. The molecule has 1 amide bonds. The van der Waals surface area contributed by atoms with Gasteiger partial charge in [-0.15, -0.1) is 11.8 Å². The third kappa shape index (κ3) is 6.52. The number of benzene rings is 3. The molecule has 0 saturated carbocycles. The summed E-state index contributed by atoms with van der Waals surface area (Å²) in [6.07, 6.45) is 0. The fourth-order valence-electron chi connectivity index (χ4n) is 3.19. The van der Waals surface area contributed by atoms with Crippen molar-refractivity contribution in [2.75, 3.05) is 30.3 Å². The summed E-state index contributed by atoms with van der Waals surface area (Å²) in [6, 6.07) is 21.7. The number of anilines is 1. The second-order valence-corrected chi connectivity index (χ2v) is 10.5. The number of sulfonamides is 1. The molecule has 0 fully saturated rings. The van der Waals surface area contributed by atoms with Gasteiger partial charge >= 0.3 is 0 Å². The number of carbonyl (C=O) groups is 1. The molecule has 174 valence electrons. The van der Waals surface area contributed by atoms with Crippen LogP contribution in [0.15, 0.2) is 82.6 Å². The number of rotatable bonds is 10. The van der Waals surface area contributed by atoms with Crippen molar-refractivity contribution in [3.05, 3.63) is 83.9 Å². The fraction of sp³-hybridized carbons (Fsp3) is 0.240. The minimum absolute atomic E-state index is 0.115. The molecule has 0 radical (unpaired) electrons. The zero-order chi connectivity index (χ0) is 23.8. The minimum Gasteiger partial charge on any atom is -0.495 e. The van der Waals surface area contributed by atoms with E-state index in [1.54, 1.807) is 48.2 Å². The molecule has 0 aliphatic rings. The van der Waals surface area contributed by atoms with Gasteiger partial charge in [0.05, 0.1) is 17.7 Å². The summed E-state index contributed by atoms with van der Waals surface area (Å²) in [7, 11) is -2.52. The lowest BCUT2D eigenvalue weighted by molar-refractivity contribution is -0.119. The first-order chi connectivity index (χ1) is 15.8. The average molecular weight is 485 g/mol. The van der Waals surface area contributed by atoms with Crippen LogP contribution in [0.5, 0.6) is 5.75 Å². The maximum atomic E-state index is 13.6. The number of methoxy groups -OCH3 is 1. The Kier molecular flexibility index (Phi) is 8.41. The summed E-state index contributed by atoms with van der Waals surface area (Å²) in [5.74, 6) is 0.667. The lowest BCUT2D eigenvalue weighted by Crippen LogP contribution is -2.41. The number of ether oxygens (including phenoxy) is 1. The molecule has 0 aliphatic carbocycles. The van der Waals surface area contributed by atoms with Crippen molar-refractivity contribution in [3.8, 4) is 5.75 Å². The van der Waals surface area contributed by atoms with Gasteiger partial charge in [0.1, 0.15) is 12.3 Å². The molecular formula is C25H28N2O4S2. The number of hydrogen-bond donors (Lipinski definition) is 1. The van der Waals surface area contributed by atoms with Gasteiger partial charge < -0.3 is 10.1 Å². The molecular weight excluding hydrogens is 456 g/mol. The highest BCUT2D eigenvalue weighted by Crippen LogP contribution is 2.33. The third-order valence-electron chi connectivity index (χ3n) is 4.94. The molecule has 3 rings (SSSR count).